The second-order valence-corrected chi connectivity index (χ2v) is 57.2. The molecule has 1 rings (SSSR count). The molecule has 1 saturated heterocycles. The monoisotopic (exact) mass is 391 g/mol. The van der Waals surface area contributed by atoms with Gasteiger partial charge in [-0.05, 0) is 0 Å². The molecule has 0 bridgehead atoms. The summed E-state index contributed by atoms with van der Waals surface area (Å²) < 4.78 is 0. The van der Waals surface area contributed by atoms with E-state index in [1.54, 1.807) is 0 Å². The largest absolute Gasteiger partial charge is 0.434 e. The minimum Gasteiger partial charge on any atom is -0.434 e. The number of rotatable bonds is 6. The average molecular weight is 392 g/mol. The molecule has 0 aromatic carbocycles. The van der Waals surface area contributed by atoms with Gasteiger partial charge in [-0.25, -0.2) is 0 Å². The predicted molar refractivity (Wildman–Crippen MR) is 111 cm³/mol. The van der Waals surface area contributed by atoms with Crippen molar-refractivity contribution in [3.05, 3.63) is 73.7 Å². The van der Waals surface area contributed by atoms with E-state index in [0.29, 0.717) is 0 Å². The molecule has 0 aromatic rings. The van der Waals surface area contributed by atoms with E-state index >= 15 is 0 Å². The molecule has 0 aliphatic carbocycles. The fraction of sp³-hybridized carbons (Fsp3) is 0. The Labute approximate surface area is 173 Å². The van der Waals surface area contributed by atoms with E-state index in [2.05, 4.69) is 68.0 Å². The molecule has 1 radical (unpaired) electrons. The molecule has 0 spiro atoms. The van der Waals surface area contributed by atoms with Crippen molar-refractivity contribution in [2.75, 3.05) is 0 Å². The summed E-state index contributed by atoms with van der Waals surface area (Å²) in [5, 5.41) is 0. The Kier molecular flexibility index (Phi) is 8.82. The van der Waals surface area contributed by atoms with Gasteiger partial charge in [-0.15, -0.1) is 56.6 Å². The van der Waals surface area contributed by atoms with E-state index in [-0.39, 0.29) is 68.5 Å². The van der Waals surface area contributed by atoms with Gasteiger partial charge in [0, 0.05) is 76.3 Å². The fourth-order valence-corrected chi connectivity index (χ4v) is 204. The van der Waals surface area contributed by atoms with Crippen molar-refractivity contribution >= 4 is 97.9 Å². The summed E-state index contributed by atoms with van der Waals surface area (Å²) in [5.41, 5.74) is 12.7. The number of hydrogen-bond donors (Lipinski definition) is 1. The Morgan fingerprint density at radius 1 is 0.850 bits per heavy atom. The molecule has 0 amide bonds. The van der Waals surface area contributed by atoms with Crippen molar-refractivity contribution in [1.82, 2.24) is 0 Å². The first-order valence-corrected chi connectivity index (χ1v) is 26.9. The summed E-state index contributed by atoms with van der Waals surface area (Å²) in [6, 6.07) is 0. The molecular weight excluding hydrogens is 368 g/mol. The minimum absolute atomic E-state index is 0. The summed E-state index contributed by atoms with van der Waals surface area (Å²) in [4.78, 5) is 11.4. The molecule has 1 fully saturated rings. The molecular formula is C12H24KOSi6. The van der Waals surface area contributed by atoms with Gasteiger partial charge in [0.1, 0.15) is 7.11 Å². The van der Waals surface area contributed by atoms with Crippen LogP contribution in [0.4, 0.5) is 0 Å². The van der Waals surface area contributed by atoms with Crippen molar-refractivity contribution in [1.29, 1.82) is 0 Å². The van der Waals surface area contributed by atoms with Crippen molar-refractivity contribution in [2.24, 2.45) is 0 Å². The zero-order valence-corrected chi connectivity index (χ0v) is 22.8. The smallest absolute Gasteiger partial charge is 0.182 e. The maximum atomic E-state index is 11.4. The summed E-state index contributed by atoms with van der Waals surface area (Å²) in [6.07, 6.45) is 0. The van der Waals surface area contributed by atoms with Crippen LogP contribution in [-0.4, -0.2) is 103 Å². The summed E-state index contributed by atoms with van der Waals surface area (Å²) in [5.74, 6) is 0. The number of hydrogen-bond acceptors (Lipinski definition) is 1. The first kappa shape index (κ1) is 21.3. The Morgan fingerprint density at radius 3 is 1.65 bits per heavy atom. The second-order valence-electron chi connectivity index (χ2n) is 5.13. The normalized spacial score (nSPS) is 32.5. The van der Waals surface area contributed by atoms with Crippen LogP contribution in [0, 0.1) is 0 Å². The van der Waals surface area contributed by atoms with Crippen LogP contribution in [0.15, 0.2) is 73.7 Å². The maximum Gasteiger partial charge on any atom is 0.182 e. The summed E-state index contributed by atoms with van der Waals surface area (Å²) >= 11 is 0. The Balaban J connectivity index is 0.00000361. The SMILES string of the molecule is C=C[SiH]1[SiH2][SiH2][Si](O)(C=C)[Si](C=C)(C=C)[Si]1(C=C)C=C.[K]. The second kappa shape index (κ2) is 8.26. The van der Waals surface area contributed by atoms with E-state index in [1.807, 2.05) is 5.70 Å². The zero-order valence-electron chi connectivity index (χ0n) is 12.6. The van der Waals surface area contributed by atoms with Gasteiger partial charge in [0.25, 0.3) is 0 Å². The van der Waals surface area contributed by atoms with Gasteiger partial charge in [-0.3, -0.25) is 0 Å². The van der Waals surface area contributed by atoms with Gasteiger partial charge >= 0.3 is 0 Å². The van der Waals surface area contributed by atoms with Crippen molar-refractivity contribution in [3.63, 3.8) is 0 Å². The van der Waals surface area contributed by atoms with Crippen molar-refractivity contribution < 1.29 is 4.80 Å². The molecule has 2 unspecified atom stereocenters. The topological polar surface area (TPSA) is 20.2 Å². The first-order chi connectivity index (χ1) is 8.97. The molecule has 20 heavy (non-hydrogen) atoms. The molecule has 1 heterocycles. The van der Waals surface area contributed by atoms with Crippen LogP contribution < -0.4 is 0 Å². The van der Waals surface area contributed by atoms with Gasteiger partial charge in [0.05, 0.1) is 7.11 Å². The molecule has 0 saturated carbocycles. The molecule has 103 valence electrons. The van der Waals surface area contributed by atoms with E-state index in [4.69, 9.17) is 0 Å². The van der Waals surface area contributed by atoms with Crippen LogP contribution in [0.25, 0.3) is 0 Å². The quantitative estimate of drug-likeness (QED) is 0.606. The third-order valence-electron chi connectivity index (χ3n) is 4.82. The van der Waals surface area contributed by atoms with Crippen LogP contribution in [0.2, 0.25) is 0 Å². The minimum atomic E-state index is -2.35. The van der Waals surface area contributed by atoms with Crippen LogP contribution >= 0.6 is 0 Å². The zero-order chi connectivity index (χ0) is 14.7. The van der Waals surface area contributed by atoms with Crippen LogP contribution in [-0.2, 0) is 0 Å². The van der Waals surface area contributed by atoms with E-state index < -0.39 is 29.4 Å². The van der Waals surface area contributed by atoms with Crippen LogP contribution in [0.3, 0.4) is 0 Å². The van der Waals surface area contributed by atoms with Gasteiger partial charge < -0.3 is 4.80 Å². The van der Waals surface area contributed by atoms with Gasteiger partial charge in [-0.2, -0.15) is 0 Å². The Morgan fingerprint density at radius 2 is 1.35 bits per heavy atom. The fourth-order valence-electron chi connectivity index (χ4n) is 3.60. The third kappa shape index (κ3) is 2.78. The molecule has 0 aromatic heterocycles. The molecule has 8 heteroatoms. The molecule has 1 aliphatic rings. The van der Waals surface area contributed by atoms with Crippen LogP contribution in [0.1, 0.15) is 0 Å². The average Bonchev–Trinajstić information content (AvgIpc) is 2.46. The Hall–Kier alpha value is 1.34. The van der Waals surface area contributed by atoms with E-state index in [0.717, 1.165) is 0 Å². The molecule has 1 nitrogen and oxygen atoms in total. The van der Waals surface area contributed by atoms with Crippen molar-refractivity contribution in [2.45, 2.75) is 0 Å². The van der Waals surface area contributed by atoms with Crippen molar-refractivity contribution in [3.8, 4) is 0 Å². The third-order valence-corrected chi connectivity index (χ3v) is 114. The predicted octanol–water partition coefficient (Wildman–Crippen LogP) is -0.486. The van der Waals surface area contributed by atoms with E-state index in [1.165, 1.54) is 0 Å². The summed E-state index contributed by atoms with van der Waals surface area (Å²) in [7, 11) is -7.94. The Bertz CT molecular complexity index is 435. The van der Waals surface area contributed by atoms with Gasteiger partial charge in [0.15, 0.2) is 7.35 Å². The molecule has 1 N–H and O–H groups in total. The molecule has 1 aliphatic heterocycles. The van der Waals surface area contributed by atoms with Crippen LogP contribution in [0.5, 0.6) is 0 Å². The van der Waals surface area contributed by atoms with Gasteiger partial charge in [-0.1, -0.05) is 17.1 Å². The van der Waals surface area contributed by atoms with Gasteiger partial charge in [0.2, 0.25) is 0 Å². The molecule has 2 atom stereocenters. The summed E-state index contributed by atoms with van der Waals surface area (Å²) in [6.45, 7) is 24.6. The first-order valence-electron chi connectivity index (χ1n) is 6.50. The standard InChI is InChI=1S/C12H24OSi6.K/c1-7-16-14-15-19(13,12-6)18(10-4,11-5)17(16,8-2)9-3;/h7-13,16H,1-6,14-15H2;. The van der Waals surface area contributed by atoms with E-state index in [9.17, 15) is 4.80 Å². The maximum absolute atomic E-state index is 11.4.